The van der Waals surface area contributed by atoms with Gasteiger partial charge in [0.05, 0.1) is 31.2 Å². The van der Waals surface area contributed by atoms with Crippen LogP contribution in [0.4, 0.5) is 0 Å². The monoisotopic (exact) mass is 451 g/mol. The van der Waals surface area contributed by atoms with E-state index in [1.165, 1.54) is 0 Å². The molecule has 0 saturated carbocycles. The molecule has 0 amide bonds. The maximum Gasteiger partial charge on any atom is 0.326 e. The van der Waals surface area contributed by atoms with Crippen molar-refractivity contribution in [1.29, 1.82) is 0 Å². The molecule has 2 aromatic carbocycles. The average molecular weight is 452 g/mol. The quantitative estimate of drug-likeness (QED) is 0.528. The van der Waals surface area contributed by atoms with E-state index < -0.39 is 12.0 Å². The van der Waals surface area contributed by atoms with E-state index in [-0.39, 0.29) is 5.43 Å². The van der Waals surface area contributed by atoms with Crippen molar-refractivity contribution in [1.82, 2.24) is 4.57 Å². The zero-order chi connectivity index (χ0) is 23.5. The summed E-state index contributed by atoms with van der Waals surface area (Å²) in [5.41, 5.74) is 2.31. The van der Waals surface area contributed by atoms with Gasteiger partial charge in [-0.25, -0.2) is 4.79 Å². The maximum absolute atomic E-state index is 13.9. The number of hydrogen-bond acceptors (Lipinski definition) is 5. The first-order valence-electron chi connectivity index (χ1n) is 11.4. The molecule has 0 saturated heterocycles. The van der Waals surface area contributed by atoms with E-state index in [2.05, 4.69) is 0 Å². The number of nitrogens with zero attached hydrogens (tertiary/aromatic N) is 1. The summed E-state index contributed by atoms with van der Waals surface area (Å²) >= 11 is 0. The number of benzene rings is 2. The number of carboxylic acid groups (broad SMARTS) is 1. The minimum atomic E-state index is -0.960. The fraction of sp³-hybridized carbons (Fsp3) is 0.385. The molecule has 0 spiro atoms. The van der Waals surface area contributed by atoms with Crippen LogP contribution in [-0.2, 0) is 11.2 Å². The lowest BCUT2D eigenvalue weighted by Gasteiger charge is -2.26. The van der Waals surface area contributed by atoms with Crippen LogP contribution in [0.15, 0.2) is 41.3 Å². The van der Waals surface area contributed by atoms with E-state index in [0.717, 1.165) is 18.4 Å². The van der Waals surface area contributed by atoms with E-state index in [4.69, 9.17) is 14.2 Å². The Labute approximate surface area is 192 Å². The molecule has 0 aliphatic carbocycles. The van der Waals surface area contributed by atoms with Crippen LogP contribution in [0.1, 0.15) is 44.7 Å². The number of aromatic nitrogens is 1. The Morgan fingerprint density at radius 3 is 2.64 bits per heavy atom. The molecule has 1 atom stereocenters. The van der Waals surface area contributed by atoms with Gasteiger partial charge < -0.3 is 23.9 Å². The second-order valence-corrected chi connectivity index (χ2v) is 8.15. The van der Waals surface area contributed by atoms with Crippen molar-refractivity contribution in [2.75, 3.05) is 20.3 Å². The summed E-state index contributed by atoms with van der Waals surface area (Å²) < 4.78 is 18.9. The first-order valence-corrected chi connectivity index (χ1v) is 11.4. The SMILES string of the molecule is CCCOc1cc2c(c3c(=O)c(-c4ccc(OC)cc4)cn(C(CC)C(=O)O)c13)CCCO2. The van der Waals surface area contributed by atoms with Crippen LogP contribution in [0.25, 0.3) is 22.0 Å². The highest BCUT2D eigenvalue weighted by Gasteiger charge is 2.27. The van der Waals surface area contributed by atoms with E-state index in [9.17, 15) is 14.7 Å². The van der Waals surface area contributed by atoms with Gasteiger partial charge in [0.15, 0.2) is 5.43 Å². The van der Waals surface area contributed by atoms with Gasteiger partial charge in [0.25, 0.3) is 0 Å². The van der Waals surface area contributed by atoms with Crippen molar-refractivity contribution in [3.05, 3.63) is 52.3 Å². The van der Waals surface area contributed by atoms with Crippen LogP contribution in [0.2, 0.25) is 0 Å². The summed E-state index contributed by atoms with van der Waals surface area (Å²) in [4.78, 5) is 26.1. The molecule has 1 aliphatic heterocycles. The van der Waals surface area contributed by atoms with Gasteiger partial charge in [-0.15, -0.1) is 0 Å². The first-order chi connectivity index (χ1) is 16.0. The van der Waals surface area contributed by atoms with Gasteiger partial charge in [-0.2, -0.15) is 0 Å². The third-order valence-electron chi connectivity index (χ3n) is 6.03. The van der Waals surface area contributed by atoms with Crippen molar-refractivity contribution in [3.63, 3.8) is 0 Å². The second kappa shape index (κ2) is 9.57. The highest BCUT2D eigenvalue weighted by atomic mass is 16.5. The molecule has 0 radical (unpaired) electrons. The Morgan fingerprint density at radius 2 is 2.00 bits per heavy atom. The number of carbonyl (C=O) groups is 1. The average Bonchev–Trinajstić information content (AvgIpc) is 2.83. The van der Waals surface area contributed by atoms with Gasteiger partial charge in [0.1, 0.15) is 23.3 Å². The first kappa shape index (κ1) is 22.7. The molecule has 7 nitrogen and oxygen atoms in total. The fourth-order valence-electron chi connectivity index (χ4n) is 4.40. The number of fused-ring (bicyclic) bond motifs is 3. The molecule has 4 rings (SSSR count). The summed E-state index contributed by atoms with van der Waals surface area (Å²) in [6.45, 7) is 4.85. The molecular formula is C26H29NO6. The number of rotatable bonds is 8. The minimum Gasteiger partial charge on any atom is -0.497 e. The molecule has 7 heteroatoms. The van der Waals surface area contributed by atoms with Crippen molar-refractivity contribution >= 4 is 16.9 Å². The summed E-state index contributed by atoms with van der Waals surface area (Å²) in [6.07, 6.45) is 4.27. The van der Waals surface area contributed by atoms with Crippen molar-refractivity contribution < 1.29 is 24.1 Å². The molecule has 174 valence electrons. The van der Waals surface area contributed by atoms with Crippen LogP contribution in [0.3, 0.4) is 0 Å². The van der Waals surface area contributed by atoms with Gasteiger partial charge in [-0.05, 0) is 43.4 Å². The predicted octanol–water partition coefficient (Wildman–Crippen LogP) is 4.83. The summed E-state index contributed by atoms with van der Waals surface area (Å²) in [6, 6.07) is 8.16. The largest absolute Gasteiger partial charge is 0.497 e. The summed E-state index contributed by atoms with van der Waals surface area (Å²) in [5.74, 6) is 0.834. The molecule has 2 heterocycles. The Bertz CT molecular complexity index is 1230. The van der Waals surface area contributed by atoms with Gasteiger partial charge in [0.2, 0.25) is 0 Å². The van der Waals surface area contributed by atoms with Gasteiger partial charge in [-0.3, -0.25) is 4.79 Å². The van der Waals surface area contributed by atoms with E-state index in [1.54, 1.807) is 30.0 Å². The zero-order valence-corrected chi connectivity index (χ0v) is 19.2. The molecule has 33 heavy (non-hydrogen) atoms. The fourth-order valence-corrected chi connectivity index (χ4v) is 4.40. The number of ether oxygens (including phenoxy) is 3. The number of methoxy groups -OCH3 is 1. The smallest absolute Gasteiger partial charge is 0.326 e. The van der Waals surface area contributed by atoms with Gasteiger partial charge in [-0.1, -0.05) is 26.0 Å². The van der Waals surface area contributed by atoms with Crippen molar-refractivity contribution in [2.45, 2.75) is 45.6 Å². The van der Waals surface area contributed by atoms with Gasteiger partial charge >= 0.3 is 5.97 Å². The minimum absolute atomic E-state index is 0.157. The Balaban J connectivity index is 2.11. The van der Waals surface area contributed by atoms with E-state index in [1.807, 2.05) is 32.0 Å². The third kappa shape index (κ3) is 4.15. The Kier molecular flexibility index (Phi) is 6.58. The number of pyridine rings is 1. The molecule has 1 aliphatic rings. The lowest BCUT2D eigenvalue weighted by Crippen LogP contribution is -2.24. The normalized spacial score (nSPS) is 13.8. The van der Waals surface area contributed by atoms with Crippen molar-refractivity contribution in [2.24, 2.45) is 0 Å². The third-order valence-corrected chi connectivity index (χ3v) is 6.03. The zero-order valence-electron chi connectivity index (χ0n) is 19.2. The highest BCUT2D eigenvalue weighted by Crippen LogP contribution is 2.40. The number of hydrogen-bond donors (Lipinski definition) is 1. The van der Waals surface area contributed by atoms with Crippen LogP contribution in [-0.4, -0.2) is 36.0 Å². The molecule has 1 unspecified atom stereocenters. The number of aryl methyl sites for hydroxylation is 1. The standard InChI is InChI=1S/C26H29NO6/c1-4-12-32-22-14-21-18(7-6-13-33-21)23-24(22)27(20(5-2)26(29)30)15-19(25(23)28)16-8-10-17(31-3)11-9-16/h8-11,14-15,20H,4-7,12-13H2,1-3H3,(H,29,30). The van der Waals surface area contributed by atoms with E-state index >= 15 is 0 Å². The molecule has 3 aromatic rings. The Hall–Kier alpha value is -3.48. The summed E-state index contributed by atoms with van der Waals surface area (Å²) in [7, 11) is 1.58. The molecule has 0 bridgehead atoms. The second-order valence-electron chi connectivity index (χ2n) is 8.15. The molecule has 0 fully saturated rings. The Morgan fingerprint density at radius 1 is 1.24 bits per heavy atom. The van der Waals surface area contributed by atoms with Gasteiger partial charge in [0, 0.05) is 23.4 Å². The van der Waals surface area contributed by atoms with Crippen LogP contribution >= 0.6 is 0 Å². The highest BCUT2D eigenvalue weighted by molar-refractivity contribution is 5.94. The predicted molar refractivity (Wildman–Crippen MR) is 127 cm³/mol. The molecular weight excluding hydrogens is 422 g/mol. The lowest BCUT2D eigenvalue weighted by atomic mass is 9.95. The number of aliphatic carboxylic acids is 1. The van der Waals surface area contributed by atoms with Crippen molar-refractivity contribution in [3.8, 4) is 28.4 Å². The topological polar surface area (TPSA) is 87.0 Å². The van der Waals surface area contributed by atoms with Crippen LogP contribution in [0.5, 0.6) is 17.2 Å². The molecule has 1 N–H and O–H groups in total. The van der Waals surface area contributed by atoms with E-state index in [0.29, 0.717) is 65.3 Å². The number of carboxylic acids is 1. The maximum atomic E-state index is 13.9. The lowest BCUT2D eigenvalue weighted by molar-refractivity contribution is -0.140. The molecule has 1 aromatic heterocycles. The van der Waals surface area contributed by atoms with Crippen LogP contribution in [0, 0.1) is 0 Å². The summed E-state index contributed by atoms with van der Waals surface area (Å²) in [5, 5.41) is 10.5. The van der Waals surface area contributed by atoms with Crippen LogP contribution < -0.4 is 19.6 Å².